The molecular formula is C25H24ClN4O8P. The number of aliphatic hydroxyl groups is 1. The van der Waals surface area contributed by atoms with Crippen LogP contribution in [0.4, 0.5) is 5.82 Å². The van der Waals surface area contributed by atoms with Crippen molar-refractivity contribution in [1.82, 2.24) is 9.55 Å². The number of carbonyl (C=O) groups excluding carboxylic acids is 1. The quantitative estimate of drug-likeness (QED) is 0.253. The number of anilines is 1. The molecule has 0 aliphatic carbocycles. The van der Waals surface area contributed by atoms with Crippen LogP contribution in [0.5, 0.6) is 5.75 Å². The smallest absolute Gasteiger partial charge is 0.402 e. The molecule has 1 unspecified atom stereocenters. The Hall–Kier alpha value is -3.56. The molecule has 0 radical (unpaired) electrons. The number of hydrogen-bond donors (Lipinski definition) is 2. The summed E-state index contributed by atoms with van der Waals surface area (Å²) >= 11 is 6.12. The molecule has 0 saturated carbocycles. The Kier molecular flexibility index (Phi) is 9.48. The molecule has 1 fully saturated rings. The lowest BCUT2D eigenvalue weighted by molar-refractivity contribution is -0.0459. The number of halogens is 1. The van der Waals surface area contributed by atoms with Gasteiger partial charge in [-0.2, -0.15) is 10.2 Å². The summed E-state index contributed by atoms with van der Waals surface area (Å²) in [4.78, 5) is 29.0. The monoisotopic (exact) mass is 574 g/mol. The number of ether oxygens (including phenoxy) is 1. The van der Waals surface area contributed by atoms with Crippen molar-refractivity contribution >= 4 is 31.1 Å². The minimum absolute atomic E-state index is 0.0278. The van der Waals surface area contributed by atoms with Crippen molar-refractivity contribution in [2.45, 2.75) is 31.3 Å². The first kappa shape index (κ1) is 28.4. The molecule has 1 aromatic heterocycles. The molecule has 39 heavy (non-hydrogen) atoms. The fraction of sp³-hybridized carbons (Fsp3) is 0.280. The summed E-state index contributed by atoms with van der Waals surface area (Å²) in [5, 5.41) is 21.4. The number of phosphoric acid groups is 1. The van der Waals surface area contributed by atoms with Crippen LogP contribution >= 0.6 is 19.4 Å². The van der Waals surface area contributed by atoms with Crippen molar-refractivity contribution in [3.8, 4) is 11.8 Å². The van der Waals surface area contributed by atoms with Gasteiger partial charge in [-0.15, -0.1) is 0 Å². The Balaban J connectivity index is 1.49. The lowest BCUT2D eigenvalue weighted by Gasteiger charge is -2.23. The van der Waals surface area contributed by atoms with Gasteiger partial charge in [-0.25, -0.2) is 9.36 Å². The van der Waals surface area contributed by atoms with Gasteiger partial charge >= 0.3 is 13.5 Å². The standard InChI is InChI=1S/C25H24ClN4O8P/c26-18-9-4-5-10-19(18)37-39(34,35-14-6-12-27)38-20-15-23(36-21(20)16-31)30-13-11-22(29-25(30)33)28-24(32)17-7-2-1-3-8-17/h1-5,7-11,13,20-21,23,31H,6,14-16H2,(H,28,29,32,33)/t20-,21+,23+,39?/m0/s1. The zero-order valence-electron chi connectivity index (χ0n) is 20.4. The number of para-hydroxylation sites is 1. The highest BCUT2D eigenvalue weighted by molar-refractivity contribution is 7.49. The largest absolute Gasteiger partial charge is 0.530 e. The van der Waals surface area contributed by atoms with E-state index in [9.17, 15) is 19.3 Å². The highest BCUT2D eigenvalue weighted by Crippen LogP contribution is 2.54. The van der Waals surface area contributed by atoms with Gasteiger partial charge < -0.3 is 19.7 Å². The second-order valence-corrected chi connectivity index (χ2v) is 10.2. The van der Waals surface area contributed by atoms with Crippen LogP contribution in [0, 0.1) is 11.3 Å². The zero-order valence-corrected chi connectivity index (χ0v) is 22.0. The predicted octanol–water partition coefficient (Wildman–Crippen LogP) is 3.93. The maximum atomic E-state index is 13.5. The van der Waals surface area contributed by atoms with Crippen LogP contribution in [0.15, 0.2) is 71.7 Å². The van der Waals surface area contributed by atoms with Crippen molar-refractivity contribution in [2.24, 2.45) is 0 Å². The van der Waals surface area contributed by atoms with Gasteiger partial charge in [0.1, 0.15) is 30.0 Å². The minimum atomic E-state index is -4.36. The molecule has 4 atom stereocenters. The molecular weight excluding hydrogens is 551 g/mol. The fourth-order valence-corrected chi connectivity index (χ4v) is 5.37. The number of hydrogen-bond acceptors (Lipinski definition) is 10. The average Bonchev–Trinajstić information content (AvgIpc) is 3.32. The van der Waals surface area contributed by atoms with Gasteiger partial charge in [0.05, 0.1) is 30.7 Å². The number of rotatable bonds is 11. The van der Waals surface area contributed by atoms with E-state index in [1.54, 1.807) is 42.5 Å². The first-order valence-corrected chi connectivity index (χ1v) is 13.6. The number of nitrogens with one attached hydrogen (secondary N) is 1. The fourth-order valence-electron chi connectivity index (χ4n) is 3.71. The summed E-state index contributed by atoms with van der Waals surface area (Å²) in [7, 11) is -4.36. The van der Waals surface area contributed by atoms with Gasteiger partial charge in [0.2, 0.25) is 0 Å². The molecule has 2 N–H and O–H groups in total. The van der Waals surface area contributed by atoms with Crippen LogP contribution in [0.3, 0.4) is 0 Å². The highest BCUT2D eigenvalue weighted by atomic mass is 35.5. The van der Waals surface area contributed by atoms with Crippen LogP contribution in [0.25, 0.3) is 0 Å². The van der Waals surface area contributed by atoms with Crippen molar-refractivity contribution < 1.29 is 32.8 Å². The van der Waals surface area contributed by atoms with Gasteiger partial charge in [-0.1, -0.05) is 41.9 Å². The third-order valence-electron chi connectivity index (χ3n) is 5.55. The van der Waals surface area contributed by atoms with Gasteiger partial charge in [0.25, 0.3) is 5.91 Å². The van der Waals surface area contributed by atoms with Gasteiger partial charge in [-0.3, -0.25) is 18.4 Å². The van der Waals surface area contributed by atoms with Crippen LogP contribution in [-0.2, 0) is 18.3 Å². The van der Waals surface area contributed by atoms with Crippen LogP contribution in [0.1, 0.15) is 29.4 Å². The van der Waals surface area contributed by atoms with E-state index in [0.29, 0.717) is 5.56 Å². The van der Waals surface area contributed by atoms with E-state index in [-0.39, 0.29) is 36.0 Å². The topological polar surface area (TPSA) is 162 Å². The first-order valence-electron chi connectivity index (χ1n) is 11.8. The Bertz CT molecular complexity index is 1450. The van der Waals surface area contributed by atoms with E-state index < -0.39 is 44.5 Å². The maximum absolute atomic E-state index is 13.5. The Morgan fingerprint density at radius 1 is 1.23 bits per heavy atom. The molecule has 2 heterocycles. The molecule has 1 aliphatic rings. The first-order chi connectivity index (χ1) is 18.8. The van der Waals surface area contributed by atoms with E-state index >= 15 is 0 Å². The lowest BCUT2D eigenvalue weighted by atomic mass is 10.2. The van der Waals surface area contributed by atoms with Crippen LogP contribution < -0.4 is 15.5 Å². The predicted molar refractivity (Wildman–Crippen MR) is 139 cm³/mol. The number of aliphatic hydroxyl groups excluding tert-OH is 1. The van der Waals surface area contributed by atoms with E-state index in [1.165, 1.54) is 24.4 Å². The number of amides is 1. The van der Waals surface area contributed by atoms with Crippen LogP contribution in [-0.4, -0.2) is 46.0 Å². The molecule has 1 saturated heterocycles. The van der Waals surface area contributed by atoms with Gasteiger partial charge in [-0.05, 0) is 30.3 Å². The number of nitrogens with zero attached hydrogens (tertiary/aromatic N) is 3. The van der Waals surface area contributed by atoms with Crippen molar-refractivity contribution in [1.29, 1.82) is 5.26 Å². The van der Waals surface area contributed by atoms with Gasteiger partial charge in [0, 0.05) is 18.2 Å². The summed E-state index contributed by atoms with van der Waals surface area (Å²) in [6, 6.07) is 18.0. The third-order valence-corrected chi connectivity index (χ3v) is 7.31. The number of carbonyl (C=O) groups is 1. The molecule has 0 spiro atoms. The average molecular weight is 575 g/mol. The third kappa shape index (κ3) is 7.30. The Morgan fingerprint density at radius 3 is 2.67 bits per heavy atom. The Morgan fingerprint density at radius 2 is 1.97 bits per heavy atom. The summed E-state index contributed by atoms with van der Waals surface area (Å²) < 4.78 is 36.9. The molecule has 0 bridgehead atoms. The van der Waals surface area contributed by atoms with E-state index in [4.69, 9.17) is 35.2 Å². The SMILES string of the molecule is N#CCCOP(=O)(Oc1ccccc1Cl)O[C@H]1C[C@H](n2ccc(NC(=O)c3ccccc3)nc2=O)O[C@@H]1CO. The highest BCUT2D eigenvalue weighted by Gasteiger charge is 2.43. The van der Waals surface area contributed by atoms with Crippen molar-refractivity contribution in [3.63, 3.8) is 0 Å². The molecule has 3 aromatic rings. The summed E-state index contributed by atoms with van der Waals surface area (Å²) in [5.41, 5.74) is -0.335. The second-order valence-electron chi connectivity index (χ2n) is 8.22. The second kappa shape index (κ2) is 13.0. The Labute approximate surface area is 228 Å². The summed E-state index contributed by atoms with van der Waals surface area (Å²) in [6.07, 6.45) is -1.71. The lowest BCUT2D eigenvalue weighted by Crippen LogP contribution is -2.29. The number of aromatic nitrogens is 2. The molecule has 204 valence electrons. The maximum Gasteiger partial charge on any atom is 0.530 e. The summed E-state index contributed by atoms with van der Waals surface area (Å²) in [5.74, 6) is -0.362. The van der Waals surface area contributed by atoms with Gasteiger partial charge in [0.15, 0.2) is 0 Å². The molecule has 2 aromatic carbocycles. The van der Waals surface area contributed by atoms with Crippen LogP contribution in [0.2, 0.25) is 5.02 Å². The van der Waals surface area contributed by atoms with Crippen molar-refractivity contribution in [3.05, 3.63) is 87.9 Å². The van der Waals surface area contributed by atoms with Crippen molar-refractivity contribution in [2.75, 3.05) is 18.5 Å². The molecule has 14 heteroatoms. The number of benzene rings is 2. The van der Waals surface area contributed by atoms with E-state index in [0.717, 1.165) is 4.57 Å². The molecule has 12 nitrogen and oxygen atoms in total. The van der Waals surface area contributed by atoms with E-state index in [2.05, 4.69) is 10.3 Å². The van der Waals surface area contributed by atoms with E-state index in [1.807, 2.05) is 6.07 Å². The zero-order chi connectivity index (χ0) is 27.8. The molecule has 1 amide bonds. The minimum Gasteiger partial charge on any atom is -0.402 e. The summed E-state index contributed by atoms with van der Waals surface area (Å²) in [6.45, 7) is -0.780. The number of nitriles is 1. The number of phosphoric ester groups is 1. The normalized spacial score (nSPS) is 20.1. The molecule has 4 rings (SSSR count). The molecule has 1 aliphatic heterocycles.